The van der Waals surface area contributed by atoms with Crippen LogP contribution in [0.15, 0.2) is 52.0 Å². The lowest BCUT2D eigenvalue weighted by atomic mass is 10.1. The van der Waals surface area contributed by atoms with Crippen LogP contribution in [0.1, 0.15) is 23.0 Å². The van der Waals surface area contributed by atoms with E-state index < -0.39 is 0 Å². The molecule has 0 saturated carbocycles. The first kappa shape index (κ1) is 11.0. The molecule has 0 saturated heterocycles. The van der Waals surface area contributed by atoms with Crippen molar-refractivity contribution in [2.24, 2.45) is 0 Å². The van der Waals surface area contributed by atoms with Gasteiger partial charge in [-0.1, -0.05) is 6.92 Å². The zero-order chi connectivity index (χ0) is 11.4. The standard InChI is InChI=1S/C13H12O2S/c1-2-16-11-7-5-10(6-8-11)13(14)12-4-3-9-15-12/h3-9H,2H2,1H3. The fourth-order valence-electron chi connectivity index (χ4n) is 1.42. The molecule has 0 fully saturated rings. The minimum atomic E-state index is -0.0713. The summed E-state index contributed by atoms with van der Waals surface area (Å²) in [4.78, 5) is 13.1. The summed E-state index contributed by atoms with van der Waals surface area (Å²) >= 11 is 1.76. The second-order valence-electron chi connectivity index (χ2n) is 3.26. The van der Waals surface area contributed by atoms with Gasteiger partial charge < -0.3 is 4.42 Å². The summed E-state index contributed by atoms with van der Waals surface area (Å²) in [5.74, 6) is 1.35. The van der Waals surface area contributed by atoms with E-state index in [-0.39, 0.29) is 5.78 Å². The zero-order valence-electron chi connectivity index (χ0n) is 8.97. The Morgan fingerprint density at radius 1 is 1.25 bits per heavy atom. The number of ketones is 1. The molecule has 0 unspecified atom stereocenters. The number of benzene rings is 1. The van der Waals surface area contributed by atoms with E-state index >= 15 is 0 Å². The SMILES string of the molecule is CCSc1ccc(C(=O)c2ccco2)cc1. The quantitative estimate of drug-likeness (QED) is 0.595. The molecule has 0 aliphatic heterocycles. The van der Waals surface area contributed by atoms with E-state index in [4.69, 9.17) is 4.42 Å². The lowest BCUT2D eigenvalue weighted by molar-refractivity contribution is 0.101. The second kappa shape index (κ2) is 5.03. The van der Waals surface area contributed by atoms with Gasteiger partial charge in [-0.15, -0.1) is 11.8 Å². The van der Waals surface area contributed by atoms with E-state index in [9.17, 15) is 4.79 Å². The highest BCUT2D eigenvalue weighted by molar-refractivity contribution is 7.99. The fraction of sp³-hybridized carbons (Fsp3) is 0.154. The van der Waals surface area contributed by atoms with Crippen LogP contribution in [-0.2, 0) is 0 Å². The Balaban J connectivity index is 2.19. The zero-order valence-corrected chi connectivity index (χ0v) is 9.79. The molecule has 0 bridgehead atoms. The Bertz CT molecular complexity index is 457. The van der Waals surface area contributed by atoms with Gasteiger partial charge in [-0.3, -0.25) is 4.79 Å². The van der Waals surface area contributed by atoms with Crippen LogP contribution in [-0.4, -0.2) is 11.5 Å². The van der Waals surface area contributed by atoms with E-state index in [1.54, 1.807) is 23.9 Å². The molecule has 0 radical (unpaired) electrons. The third-order valence-electron chi connectivity index (χ3n) is 2.17. The molecular weight excluding hydrogens is 220 g/mol. The first-order valence-electron chi connectivity index (χ1n) is 5.12. The summed E-state index contributed by atoms with van der Waals surface area (Å²) in [5.41, 5.74) is 0.662. The van der Waals surface area contributed by atoms with Crippen LogP contribution in [0.3, 0.4) is 0 Å². The third-order valence-corrected chi connectivity index (χ3v) is 3.07. The van der Waals surface area contributed by atoms with Crippen molar-refractivity contribution in [3.05, 3.63) is 54.0 Å². The molecule has 0 amide bonds. The van der Waals surface area contributed by atoms with Crippen LogP contribution >= 0.6 is 11.8 Å². The summed E-state index contributed by atoms with van der Waals surface area (Å²) in [6.07, 6.45) is 1.51. The Morgan fingerprint density at radius 2 is 2.00 bits per heavy atom. The normalized spacial score (nSPS) is 10.3. The van der Waals surface area contributed by atoms with E-state index in [1.807, 2.05) is 24.3 Å². The van der Waals surface area contributed by atoms with E-state index in [0.29, 0.717) is 11.3 Å². The molecule has 0 aliphatic carbocycles. The smallest absolute Gasteiger partial charge is 0.228 e. The van der Waals surface area contributed by atoms with E-state index in [2.05, 4.69) is 6.92 Å². The molecule has 2 nitrogen and oxygen atoms in total. The van der Waals surface area contributed by atoms with E-state index in [1.165, 1.54) is 11.2 Å². The molecule has 0 spiro atoms. The molecule has 82 valence electrons. The van der Waals surface area contributed by atoms with Crippen LogP contribution in [0.5, 0.6) is 0 Å². The molecule has 2 aromatic rings. The Hall–Kier alpha value is -1.48. The van der Waals surface area contributed by atoms with Crippen molar-refractivity contribution in [2.45, 2.75) is 11.8 Å². The highest BCUT2D eigenvalue weighted by atomic mass is 32.2. The highest BCUT2D eigenvalue weighted by Crippen LogP contribution is 2.19. The summed E-state index contributed by atoms with van der Waals surface area (Å²) in [5, 5.41) is 0. The second-order valence-corrected chi connectivity index (χ2v) is 4.60. The summed E-state index contributed by atoms with van der Waals surface area (Å²) in [7, 11) is 0. The lowest BCUT2D eigenvalue weighted by Crippen LogP contribution is -1.98. The molecular formula is C13H12O2S. The highest BCUT2D eigenvalue weighted by Gasteiger charge is 2.10. The number of rotatable bonds is 4. The third kappa shape index (κ3) is 2.36. The average Bonchev–Trinajstić information content (AvgIpc) is 2.83. The van der Waals surface area contributed by atoms with Gasteiger partial charge in [0.05, 0.1) is 6.26 Å². The summed E-state index contributed by atoms with van der Waals surface area (Å²) < 4.78 is 5.07. The summed E-state index contributed by atoms with van der Waals surface area (Å²) in [6.45, 7) is 2.10. The minimum absolute atomic E-state index is 0.0713. The maximum Gasteiger partial charge on any atom is 0.228 e. The van der Waals surface area contributed by atoms with Crippen molar-refractivity contribution in [3.63, 3.8) is 0 Å². The van der Waals surface area contributed by atoms with Gasteiger partial charge in [0.25, 0.3) is 0 Å². The largest absolute Gasteiger partial charge is 0.461 e. The van der Waals surface area contributed by atoms with Gasteiger partial charge in [0.2, 0.25) is 5.78 Å². The maximum absolute atomic E-state index is 11.9. The van der Waals surface area contributed by atoms with Gasteiger partial charge in [0.15, 0.2) is 5.76 Å². The van der Waals surface area contributed by atoms with Gasteiger partial charge >= 0.3 is 0 Å². The first-order chi connectivity index (χ1) is 7.81. The number of hydrogen-bond donors (Lipinski definition) is 0. The van der Waals surface area contributed by atoms with Gasteiger partial charge in [-0.25, -0.2) is 0 Å². The number of carbonyl (C=O) groups is 1. The lowest BCUT2D eigenvalue weighted by Gasteiger charge is -2.00. The molecule has 16 heavy (non-hydrogen) atoms. The van der Waals surface area contributed by atoms with Crippen molar-refractivity contribution < 1.29 is 9.21 Å². The van der Waals surface area contributed by atoms with E-state index in [0.717, 1.165) is 5.75 Å². The Morgan fingerprint density at radius 3 is 2.56 bits per heavy atom. The van der Waals surface area contributed by atoms with Gasteiger partial charge in [-0.2, -0.15) is 0 Å². The molecule has 0 aliphatic rings. The molecule has 3 heteroatoms. The van der Waals surface area contributed by atoms with Crippen molar-refractivity contribution in [1.29, 1.82) is 0 Å². The minimum Gasteiger partial charge on any atom is -0.461 e. The molecule has 1 aromatic carbocycles. The fourth-order valence-corrected chi connectivity index (χ4v) is 2.08. The number of carbonyl (C=O) groups excluding carboxylic acids is 1. The summed E-state index contributed by atoms with van der Waals surface area (Å²) in [6, 6.07) is 11.0. The van der Waals surface area contributed by atoms with Crippen LogP contribution in [0.25, 0.3) is 0 Å². The van der Waals surface area contributed by atoms with Crippen molar-refractivity contribution in [2.75, 3.05) is 5.75 Å². The molecule has 1 aromatic heterocycles. The topological polar surface area (TPSA) is 30.2 Å². The van der Waals surface area contributed by atoms with Crippen molar-refractivity contribution in [3.8, 4) is 0 Å². The monoisotopic (exact) mass is 232 g/mol. The molecule has 0 atom stereocenters. The van der Waals surface area contributed by atoms with Crippen LogP contribution < -0.4 is 0 Å². The average molecular weight is 232 g/mol. The van der Waals surface area contributed by atoms with Crippen molar-refractivity contribution in [1.82, 2.24) is 0 Å². The Labute approximate surface area is 98.7 Å². The van der Waals surface area contributed by atoms with Gasteiger partial charge in [0, 0.05) is 10.5 Å². The maximum atomic E-state index is 11.9. The first-order valence-corrected chi connectivity index (χ1v) is 6.11. The van der Waals surface area contributed by atoms with Gasteiger partial charge in [-0.05, 0) is 42.2 Å². The Kier molecular flexibility index (Phi) is 3.47. The molecule has 2 rings (SSSR count). The van der Waals surface area contributed by atoms with Crippen LogP contribution in [0.2, 0.25) is 0 Å². The van der Waals surface area contributed by atoms with Crippen molar-refractivity contribution >= 4 is 17.5 Å². The van der Waals surface area contributed by atoms with Crippen LogP contribution in [0.4, 0.5) is 0 Å². The number of thioether (sulfide) groups is 1. The number of furan rings is 1. The molecule has 1 heterocycles. The van der Waals surface area contributed by atoms with Gasteiger partial charge in [0.1, 0.15) is 0 Å². The predicted octanol–water partition coefficient (Wildman–Crippen LogP) is 3.62. The predicted molar refractivity (Wildman–Crippen MR) is 65.0 cm³/mol. The number of hydrogen-bond acceptors (Lipinski definition) is 3. The molecule has 0 N–H and O–H groups in total. The van der Waals surface area contributed by atoms with Crippen LogP contribution in [0, 0.1) is 0 Å².